The van der Waals surface area contributed by atoms with Crippen LogP contribution in [0.1, 0.15) is 66.7 Å². The summed E-state index contributed by atoms with van der Waals surface area (Å²) in [6.07, 6.45) is 2.58. The van der Waals surface area contributed by atoms with Gasteiger partial charge in [0, 0.05) is 24.0 Å². The molecule has 6 nitrogen and oxygen atoms in total. The molecule has 6 heteroatoms. The van der Waals surface area contributed by atoms with Gasteiger partial charge in [0.2, 0.25) is 11.8 Å². The van der Waals surface area contributed by atoms with Crippen LogP contribution < -0.4 is 5.32 Å². The molecule has 0 aromatic rings. The summed E-state index contributed by atoms with van der Waals surface area (Å²) in [6.45, 7) is 10.5. The molecule has 1 aliphatic heterocycles. The Kier molecular flexibility index (Phi) is 6.81. The molecule has 0 aliphatic carbocycles. The maximum Gasteiger partial charge on any atom is 0.305 e. The second-order valence-corrected chi connectivity index (χ2v) is 7.89. The number of piperidine rings is 1. The van der Waals surface area contributed by atoms with Gasteiger partial charge in [0.1, 0.15) is 0 Å². The Bertz CT molecular complexity index is 478. The van der Waals surface area contributed by atoms with Crippen molar-refractivity contribution in [1.29, 1.82) is 0 Å². The van der Waals surface area contributed by atoms with Gasteiger partial charge in [0.05, 0.1) is 12.3 Å². The van der Waals surface area contributed by atoms with Crippen molar-refractivity contribution in [2.45, 2.75) is 72.3 Å². The van der Waals surface area contributed by atoms with Crippen molar-refractivity contribution in [1.82, 2.24) is 10.2 Å². The number of nitrogens with one attached hydrogen (secondary N) is 1. The summed E-state index contributed by atoms with van der Waals surface area (Å²) in [5.41, 5.74) is -1.17. The van der Waals surface area contributed by atoms with E-state index in [1.54, 1.807) is 4.90 Å². The quantitative estimate of drug-likeness (QED) is 0.777. The zero-order chi connectivity index (χ0) is 18.5. The first-order valence-electron chi connectivity index (χ1n) is 8.88. The minimum atomic E-state index is -0.910. The van der Waals surface area contributed by atoms with E-state index >= 15 is 0 Å². The second kappa shape index (κ2) is 7.99. The molecule has 0 bridgehead atoms. The van der Waals surface area contributed by atoms with Crippen molar-refractivity contribution >= 4 is 17.8 Å². The zero-order valence-corrected chi connectivity index (χ0v) is 15.6. The molecule has 24 heavy (non-hydrogen) atoms. The minimum Gasteiger partial charge on any atom is -0.481 e. The monoisotopic (exact) mass is 340 g/mol. The first-order chi connectivity index (χ1) is 11.0. The van der Waals surface area contributed by atoms with Crippen LogP contribution >= 0.6 is 0 Å². The van der Waals surface area contributed by atoms with Crippen molar-refractivity contribution in [3.8, 4) is 0 Å². The normalized spacial score (nSPS) is 19.0. The molecule has 138 valence electrons. The molecule has 2 amide bonds. The van der Waals surface area contributed by atoms with Gasteiger partial charge in [-0.05, 0) is 25.7 Å². The molecule has 0 radical (unpaired) electrons. The van der Waals surface area contributed by atoms with Gasteiger partial charge in [0.15, 0.2) is 0 Å². The molecule has 2 N–H and O–H groups in total. The molecular weight excluding hydrogens is 308 g/mol. The van der Waals surface area contributed by atoms with E-state index < -0.39 is 16.9 Å². The molecular formula is C18H32N2O4. The van der Waals surface area contributed by atoms with E-state index in [2.05, 4.69) is 5.32 Å². The van der Waals surface area contributed by atoms with Crippen LogP contribution in [0.4, 0.5) is 0 Å². The Hall–Kier alpha value is -1.59. The van der Waals surface area contributed by atoms with E-state index in [0.29, 0.717) is 25.9 Å². The lowest BCUT2D eigenvalue weighted by atomic mass is 9.86. The number of carboxylic acid groups (broad SMARTS) is 1. The molecule has 0 saturated carbocycles. The van der Waals surface area contributed by atoms with Gasteiger partial charge in [0.25, 0.3) is 0 Å². The van der Waals surface area contributed by atoms with Gasteiger partial charge < -0.3 is 15.3 Å². The van der Waals surface area contributed by atoms with Crippen LogP contribution in [0.25, 0.3) is 0 Å². The Balaban J connectivity index is 2.79. The maximum atomic E-state index is 12.7. The standard InChI is InChI=1S/C18H32N2O4/c1-6-18(7-2,11-14(21)22)19-15(23)13-9-8-10-20(12-13)16(24)17(3,4)5/h13H,6-12H2,1-5H3,(H,19,23)(H,21,22). The van der Waals surface area contributed by atoms with E-state index in [-0.39, 0.29) is 24.2 Å². The summed E-state index contributed by atoms with van der Waals surface area (Å²) < 4.78 is 0. The third kappa shape index (κ3) is 5.21. The number of nitrogens with zero attached hydrogens (tertiary/aromatic N) is 1. The number of carboxylic acids is 1. The minimum absolute atomic E-state index is 0.0581. The summed E-state index contributed by atoms with van der Waals surface area (Å²) in [5.74, 6) is -1.25. The number of hydrogen-bond acceptors (Lipinski definition) is 3. The highest BCUT2D eigenvalue weighted by molar-refractivity contribution is 5.84. The fourth-order valence-corrected chi connectivity index (χ4v) is 3.22. The van der Waals surface area contributed by atoms with E-state index in [9.17, 15) is 14.4 Å². The molecule has 1 fully saturated rings. The van der Waals surface area contributed by atoms with Gasteiger partial charge in [-0.2, -0.15) is 0 Å². The first kappa shape index (κ1) is 20.5. The molecule has 1 heterocycles. The number of rotatable bonds is 6. The van der Waals surface area contributed by atoms with Crippen molar-refractivity contribution in [2.75, 3.05) is 13.1 Å². The van der Waals surface area contributed by atoms with Gasteiger partial charge in [-0.1, -0.05) is 34.6 Å². The molecule has 1 rings (SSSR count). The largest absolute Gasteiger partial charge is 0.481 e. The Labute approximate surface area is 145 Å². The van der Waals surface area contributed by atoms with Crippen LogP contribution in [0.2, 0.25) is 0 Å². The first-order valence-corrected chi connectivity index (χ1v) is 8.88. The molecule has 0 spiro atoms. The fourth-order valence-electron chi connectivity index (χ4n) is 3.22. The molecule has 1 atom stereocenters. The summed E-state index contributed by atoms with van der Waals surface area (Å²) in [7, 11) is 0. The van der Waals surface area contributed by atoms with E-state index in [1.165, 1.54) is 0 Å². The van der Waals surface area contributed by atoms with Crippen LogP contribution in [-0.4, -0.2) is 46.4 Å². The summed E-state index contributed by atoms with van der Waals surface area (Å²) in [5, 5.41) is 12.1. The van der Waals surface area contributed by atoms with Crippen LogP contribution in [0.3, 0.4) is 0 Å². The topological polar surface area (TPSA) is 86.7 Å². The van der Waals surface area contributed by atoms with Crippen LogP contribution in [0.5, 0.6) is 0 Å². The molecule has 1 aliphatic rings. The van der Waals surface area contributed by atoms with Crippen LogP contribution in [0, 0.1) is 11.3 Å². The molecule has 1 unspecified atom stereocenters. The third-order valence-corrected chi connectivity index (χ3v) is 4.95. The van der Waals surface area contributed by atoms with Gasteiger partial charge >= 0.3 is 5.97 Å². The number of amides is 2. The average molecular weight is 340 g/mol. The third-order valence-electron chi connectivity index (χ3n) is 4.95. The summed E-state index contributed by atoms with van der Waals surface area (Å²) in [6, 6.07) is 0. The predicted molar refractivity (Wildman–Crippen MR) is 92.5 cm³/mol. The van der Waals surface area contributed by atoms with E-state index in [4.69, 9.17) is 5.11 Å². The maximum absolute atomic E-state index is 12.7. The van der Waals surface area contributed by atoms with Gasteiger partial charge in [-0.15, -0.1) is 0 Å². The number of carbonyl (C=O) groups excluding carboxylic acids is 2. The summed E-state index contributed by atoms with van der Waals surface area (Å²) >= 11 is 0. The highest BCUT2D eigenvalue weighted by Crippen LogP contribution is 2.26. The molecule has 0 aromatic carbocycles. The molecule has 0 aromatic heterocycles. The lowest BCUT2D eigenvalue weighted by Gasteiger charge is -2.38. The van der Waals surface area contributed by atoms with Gasteiger partial charge in [-0.25, -0.2) is 0 Å². The SMILES string of the molecule is CCC(CC)(CC(=O)O)NC(=O)C1CCCN(C(=O)C(C)(C)C)C1. The van der Waals surface area contributed by atoms with E-state index in [1.807, 2.05) is 34.6 Å². The second-order valence-electron chi connectivity index (χ2n) is 7.89. The Morgan fingerprint density at radius 2 is 1.75 bits per heavy atom. The zero-order valence-electron chi connectivity index (χ0n) is 15.6. The number of likely N-dealkylation sites (tertiary alicyclic amines) is 1. The Morgan fingerprint density at radius 3 is 2.21 bits per heavy atom. The highest BCUT2D eigenvalue weighted by atomic mass is 16.4. The Morgan fingerprint density at radius 1 is 1.17 bits per heavy atom. The van der Waals surface area contributed by atoms with Crippen molar-refractivity contribution in [3.63, 3.8) is 0 Å². The number of hydrogen-bond donors (Lipinski definition) is 2. The predicted octanol–water partition coefficient (Wildman–Crippen LogP) is 2.42. The lowest BCUT2D eigenvalue weighted by Crippen LogP contribution is -2.54. The van der Waals surface area contributed by atoms with Gasteiger partial charge in [-0.3, -0.25) is 14.4 Å². The van der Waals surface area contributed by atoms with Crippen molar-refractivity contribution < 1.29 is 19.5 Å². The number of carbonyl (C=O) groups is 3. The van der Waals surface area contributed by atoms with Crippen molar-refractivity contribution in [2.24, 2.45) is 11.3 Å². The van der Waals surface area contributed by atoms with Crippen molar-refractivity contribution in [3.05, 3.63) is 0 Å². The average Bonchev–Trinajstić information content (AvgIpc) is 2.52. The highest BCUT2D eigenvalue weighted by Gasteiger charge is 2.37. The fraction of sp³-hybridized carbons (Fsp3) is 0.833. The smallest absolute Gasteiger partial charge is 0.305 e. The lowest BCUT2D eigenvalue weighted by molar-refractivity contribution is -0.143. The molecule has 1 saturated heterocycles. The van der Waals surface area contributed by atoms with Crippen LogP contribution in [0.15, 0.2) is 0 Å². The van der Waals surface area contributed by atoms with E-state index in [0.717, 1.165) is 12.8 Å². The number of aliphatic carboxylic acids is 1. The summed E-state index contributed by atoms with van der Waals surface area (Å²) in [4.78, 5) is 38.0. The van der Waals surface area contributed by atoms with Crippen LogP contribution in [-0.2, 0) is 14.4 Å².